The van der Waals surface area contributed by atoms with E-state index in [2.05, 4.69) is 15.6 Å². The first-order valence-corrected chi connectivity index (χ1v) is 7.27. The third-order valence-electron chi connectivity index (χ3n) is 2.81. The van der Waals surface area contributed by atoms with Gasteiger partial charge in [0.2, 0.25) is 0 Å². The third-order valence-corrected chi connectivity index (χ3v) is 3.59. The summed E-state index contributed by atoms with van der Waals surface area (Å²) in [5.74, 6) is -0.197. The van der Waals surface area contributed by atoms with E-state index in [0.717, 1.165) is 12.2 Å². The van der Waals surface area contributed by atoms with Gasteiger partial charge in [0.1, 0.15) is 0 Å². The van der Waals surface area contributed by atoms with E-state index in [9.17, 15) is 4.79 Å². The molecule has 6 nitrogen and oxygen atoms in total. The number of thiazole rings is 1. The van der Waals surface area contributed by atoms with Crippen molar-refractivity contribution < 1.29 is 14.3 Å². The van der Waals surface area contributed by atoms with Crippen LogP contribution in [0.3, 0.4) is 0 Å². The number of hydrogen-bond donors (Lipinski definition) is 2. The minimum atomic E-state index is -0.535. The van der Waals surface area contributed by atoms with Gasteiger partial charge in [-0.2, -0.15) is 0 Å². The molecule has 1 saturated heterocycles. The average Bonchev–Trinajstić information content (AvgIpc) is 2.88. The molecular weight excluding hydrogens is 266 g/mol. The molecule has 2 N–H and O–H groups in total. The molecule has 7 heteroatoms. The molecule has 0 bridgehead atoms. The number of anilines is 1. The predicted octanol–water partition coefficient (Wildman–Crippen LogP) is 1.17. The zero-order chi connectivity index (χ0) is 13.7. The smallest absolute Gasteiger partial charge is 0.257 e. The van der Waals surface area contributed by atoms with E-state index < -0.39 is 6.10 Å². The second kappa shape index (κ2) is 6.95. The highest BCUT2D eigenvalue weighted by atomic mass is 32.1. The fourth-order valence-electron chi connectivity index (χ4n) is 1.78. The van der Waals surface area contributed by atoms with Crippen molar-refractivity contribution in [3.63, 3.8) is 0 Å². The van der Waals surface area contributed by atoms with Gasteiger partial charge in [-0.25, -0.2) is 4.98 Å². The number of nitrogens with one attached hydrogen (secondary N) is 2. The van der Waals surface area contributed by atoms with Crippen LogP contribution < -0.4 is 10.6 Å². The van der Waals surface area contributed by atoms with Crippen molar-refractivity contribution in [3.05, 3.63) is 11.1 Å². The number of ether oxygens (including phenoxy) is 2. The van der Waals surface area contributed by atoms with Gasteiger partial charge in [-0.15, -0.1) is 11.3 Å². The first kappa shape index (κ1) is 14.4. The predicted molar refractivity (Wildman–Crippen MR) is 73.4 cm³/mol. The Morgan fingerprint density at radius 3 is 3.16 bits per heavy atom. The molecule has 2 heterocycles. The fourth-order valence-corrected chi connectivity index (χ4v) is 2.59. The number of carbonyl (C=O) groups is 1. The molecule has 1 aromatic heterocycles. The molecule has 0 spiro atoms. The van der Waals surface area contributed by atoms with Gasteiger partial charge in [-0.3, -0.25) is 10.1 Å². The van der Waals surface area contributed by atoms with Crippen molar-refractivity contribution in [2.45, 2.75) is 26.0 Å². The number of aromatic nitrogens is 1. The molecular formula is C12H19N3O3S. The number of rotatable bonds is 5. The van der Waals surface area contributed by atoms with E-state index in [0.29, 0.717) is 25.0 Å². The van der Waals surface area contributed by atoms with Crippen molar-refractivity contribution in [2.75, 3.05) is 31.7 Å². The van der Waals surface area contributed by atoms with Crippen LogP contribution in [0, 0.1) is 0 Å². The lowest BCUT2D eigenvalue weighted by atomic mass is 10.3. The number of nitrogens with zero attached hydrogens (tertiary/aromatic N) is 1. The lowest BCUT2D eigenvalue weighted by Crippen LogP contribution is -2.39. The van der Waals surface area contributed by atoms with Crippen LogP contribution in [0.2, 0.25) is 0 Å². The zero-order valence-corrected chi connectivity index (χ0v) is 12.0. The second-order valence-electron chi connectivity index (χ2n) is 4.28. The van der Waals surface area contributed by atoms with E-state index in [-0.39, 0.29) is 11.9 Å². The van der Waals surface area contributed by atoms with Gasteiger partial charge >= 0.3 is 0 Å². The monoisotopic (exact) mass is 285 g/mol. The SMILES string of the molecule is CCNC(C)c1csc(NC(=O)C2COCCO2)n1. The molecule has 0 aromatic carbocycles. The third kappa shape index (κ3) is 3.97. The minimum absolute atomic E-state index is 0.182. The summed E-state index contributed by atoms with van der Waals surface area (Å²) in [6, 6.07) is 0.182. The zero-order valence-electron chi connectivity index (χ0n) is 11.1. The van der Waals surface area contributed by atoms with E-state index >= 15 is 0 Å². The Bertz CT molecular complexity index is 418. The Hall–Kier alpha value is -1.02. The lowest BCUT2D eigenvalue weighted by molar-refractivity contribution is -0.142. The normalized spacial score (nSPS) is 21.1. The first-order chi connectivity index (χ1) is 9.20. The highest BCUT2D eigenvalue weighted by Gasteiger charge is 2.23. The van der Waals surface area contributed by atoms with Crippen LogP contribution in [0.5, 0.6) is 0 Å². The van der Waals surface area contributed by atoms with Gasteiger partial charge in [0.25, 0.3) is 5.91 Å². The molecule has 0 saturated carbocycles. The molecule has 2 atom stereocenters. The molecule has 2 rings (SSSR count). The topological polar surface area (TPSA) is 72.5 Å². The maximum Gasteiger partial charge on any atom is 0.257 e. The van der Waals surface area contributed by atoms with Crippen LogP contribution >= 0.6 is 11.3 Å². The highest BCUT2D eigenvalue weighted by Crippen LogP contribution is 2.20. The van der Waals surface area contributed by atoms with Gasteiger partial charge in [-0.1, -0.05) is 6.92 Å². The summed E-state index contributed by atoms with van der Waals surface area (Å²) in [5, 5.41) is 8.59. The molecule has 106 valence electrons. The Kier molecular flexibility index (Phi) is 5.26. The van der Waals surface area contributed by atoms with Crippen LogP contribution in [-0.2, 0) is 14.3 Å². The van der Waals surface area contributed by atoms with Crippen molar-refractivity contribution >= 4 is 22.4 Å². The average molecular weight is 285 g/mol. The van der Waals surface area contributed by atoms with Crippen LogP contribution in [0.4, 0.5) is 5.13 Å². The second-order valence-corrected chi connectivity index (χ2v) is 5.14. The fraction of sp³-hybridized carbons (Fsp3) is 0.667. The Morgan fingerprint density at radius 1 is 1.63 bits per heavy atom. The van der Waals surface area contributed by atoms with Gasteiger partial charge in [-0.05, 0) is 13.5 Å². The summed E-state index contributed by atoms with van der Waals surface area (Å²) >= 11 is 1.42. The quantitative estimate of drug-likeness (QED) is 0.849. The van der Waals surface area contributed by atoms with Crippen LogP contribution in [0.25, 0.3) is 0 Å². The van der Waals surface area contributed by atoms with Crippen molar-refractivity contribution in [3.8, 4) is 0 Å². The molecule has 1 aliphatic heterocycles. The standard InChI is InChI=1S/C12H19N3O3S/c1-3-13-8(2)9-7-19-12(14-9)15-11(16)10-6-17-4-5-18-10/h7-8,10,13H,3-6H2,1-2H3,(H,14,15,16). The van der Waals surface area contributed by atoms with Crippen LogP contribution in [-0.4, -0.2) is 43.4 Å². The molecule has 1 fully saturated rings. The summed E-state index contributed by atoms with van der Waals surface area (Å²) in [6.45, 7) is 6.28. The summed E-state index contributed by atoms with van der Waals surface area (Å²) < 4.78 is 10.5. The van der Waals surface area contributed by atoms with Gasteiger partial charge in [0.15, 0.2) is 11.2 Å². The highest BCUT2D eigenvalue weighted by molar-refractivity contribution is 7.13. The maximum absolute atomic E-state index is 11.9. The van der Waals surface area contributed by atoms with E-state index in [1.165, 1.54) is 11.3 Å². The van der Waals surface area contributed by atoms with Crippen molar-refractivity contribution in [1.29, 1.82) is 0 Å². The Morgan fingerprint density at radius 2 is 2.47 bits per heavy atom. The number of carbonyl (C=O) groups excluding carboxylic acids is 1. The minimum Gasteiger partial charge on any atom is -0.376 e. The van der Waals surface area contributed by atoms with Crippen molar-refractivity contribution in [1.82, 2.24) is 10.3 Å². The molecule has 1 aliphatic rings. The molecule has 0 radical (unpaired) electrons. The van der Waals surface area contributed by atoms with Crippen LogP contribution in [0.1, 0.15) is 25.6 Å². The maximum atomic E-state index is 11.9. The molecule has 1 aromatic rings. The largest absolute Gasteiger partial charge is 0.376 e. The van der Waals surface area contributed by atoms with Gasteiger partial charge in [0.05, 0.1) is 25.5 Å². The van der Waals surface area contributed by atoms with E-state index in [1.54, 1.807) is 0 Å². The summed E-state index contributed by atoms with van der Waals surface area (Å²) in [4.78, 5) is 16.3. The Balaban J connectivity index is 1.90. The Labute approximate surface area is 116 Å². The van der Waals surface area contributed by atoms with E-state index in [4.69, 9.17) is 9.47 Å². The summed E-state index contributed by atoms with van der Waals surface area (Å²) in [6.07, 6.45) is -0.535. The van der Waals surface area contributed by atoms with Crippen LogP contribution in [0.15, 0.2) is 5.38 Å². The summed E-state index contributed by atoms with van der Waals surface area (Å²) in [5.41, 5.74) is 0.933. The number of amides is 1. The molecule has 2 unspecified atom stereocenters. The summed E-state index contributed by atoms with van der Waals surface area (Å²) in [7, 11) is 0. The van der Waals surface area contributed by atoms with Gasteiger partial charge < -0.3 is 14.8 Å². The first-order valence-electron chi connectivity index (χ1n) is 6.39. The van der Waals surface area contributed by atoms with E-state index in [1.807, 2.05) is 19.2 Å². The number of hydrogen-bond acceptors (Lipinski definition) is 6. The van der Waals surface area contributed by atoms with Gasteiger partial charge in [0, 0.05) is 11.4 Å². The molecule has 1 amide bonds. The molecule has 19 heavy (non-hydrogen) atoms. The molecule has 0 aliphatic carbocycles. The lowest BCUT2D eigenvalue weighted by Gasteiger charge is -2.21. The van der Waals surface area contributed by atoms with Crippen molar-refractivity contribution in [2.24, 2.45) is 0 Å².